The first-order valence-corrected chi connectivity index (χ1v) is 6.21. The number of halogens is 1. The molecule has 0 aliphatic heterocycles. The van der Waals surface area contributed by atoms with Crippen LogP contribution in [0.15, 0.2) is 33.5 Å². The predicted molar refractivity (Wildman–Crippen MR) is 72.9 cm³/mol. The summed E-state index contributed by atoms with van der Waals surface area (Å²) < 4.78 is 6.20. The van der Waals surface area contributed by atoms with Gasteiger partial charge in [0.2, 0.25) is 5.88 Å². The van der Waals surface area contributed by atoms with Crippen LogP contribution in [0.4, 0.5) is 5.69 Å². The molecule has 1 aromatic heterocycles. The molecule has 0 spiro atoms. The van der Waals surface area contributed by atoms with E-state index >= 15 is 0 Å². The second-order valence-electron chi connectivity index (χ2n) is 3.65. The molecule has 0 saturated heterocycles. The van der Waals surface area contributed by atoms with Crippen molar-refractivity contribution in [2.45, 2.75) is 13.3 Å². The zero-order valence-corrected chi connectivity index (χ0v) is 11.3. The minimum Gasteiger partial charge on any atom is -0.437 e. The molecule has 0 aliphatic carbocycles. The highest BCUT2D eigenvalue weighted by atomic mass is 79.9. The van der Waals surface area contributed by atoms with Gasteiger partial charge in [0.15, 0.2) is 0 Å². The summed E-state index contributed by atoms with van der Waals surface area (Å²) in [7, 11) is 0. The molecular weight excluding hydrogens is 298 g/mol. The number of nitrogen functional groups attached to an aromatic ring is 1. The van der Waals surface area contributed by atoms with Gasteiger partial charge in [0.05, 0.1) is 10.5 Å². The third-order valence-corrected chi connectivity index (χ3v) is 3.16. The molecule has 0 unspecified atom stereocenters. The molecular formula is C12H12BrN3O2. The lowest BCUT2D eigenvalue weighted by Gasteiger charge is -2.08. The Balaban J connectivity index is 2.37. The van der Waals surface area contributed by atoms with Crippen LogP contribution in [-0.2, 0) is 6.42 Å². The maximum absolute atomic E-state index is 11.4. The number of anilines is 1. The molecule has 3 N–H and O–H groups in total. The Morgan fingerprint density at radius 1 is 1.50 bits per heavy atom. The molecule has 0 bridgehead atoms. The number of nitrogens with zero attached hydrogens (tertiary/aromatic N) is 1. The highest BCUT2D eigenvalue weighted by Crippen LogP contribution is 2.32. The van der Waals surface area contributed by atoms with Gasteiger partial charge >= 0.3 is 0 Å². The number of H-pyrrole nitrogens is 1. The summed E-state index contributed by atoms with van der Waals surface area (Å²) in [5, 5.41) is 0. The SMILES string of the molecule is CCc1nc(Oc2cccc(N)c2Br)cc(=O)[nH]1. The molecule has 1 aromatic carbocycles. The van der Waals surface area contributed by atoms with Crippen LogP contribution in [0.2, 0.25) is 0 Å². The van der Waals surface area contributed by atoms with Crippen molar-refractivity contribution in [3.05, 3.63) is 44.9 Å². The van der Waals surface area contributed by atoms with E-state index in [1.165, 1.54) is 6.07 Å². The Morgan fingerprint density at radius 2 is 2.28 bits per heavy atom. The third kappa shape index (κ3) is 2.70. The summed E-state index contributed by atoms with van der Waals surface area (Å²) in [6, 6.07) is 6.56. The average Bonchev–Trinajstić information content (AvgIpc) is 2.34. The van der Waals surface area contributed by atoms with Crippen molar-refractivity contribution in [3.63, 3.8) is 0 Å². The van der Waals surface area contributed by atoms with E-state index in [2.05, 4.69) is 25.9 Å². The van der Waals surface area contributed by atoms with Crippen LogP contribution < -0.4 is 16.0 Å². The van der Waals surface area contributed by atoms with Crippen molar-refractivity contribution in [3.8, 4) is 11.6 Å². The first-order valence-electron chi connectivity index (χ1n) is 5.42. The van der Waals surface area contributed by atoms with E-state index in [0.29, 0.717) is 28.2 Å². The summed E-state index contributed by atoms with van der Waals surface area (Å²) in [6.45, 7) is 1.90. The summed E-state index contributed by atoms with van der Waals surface area (Å²) in [4.78, 5) is 18.2. The fraction of sp³-hybridized carbons (Fsp3) is 0.167. The quantitative estimate of drug-likeness (QED) is 0.853. The minimum absolute atomic E-state index is 0.239. The van der Waals surface area contributed by atoms with Crippen molar-refractivity contribution < 1.29 is 4.74 Å². The van der Waals surface area contributed by atoms with Crippen LogP contribution in [0.1, 0.15) is 12.7 Å². The monoisotopic (exact) mass is 309 g/mol. The maximum Gasteiger partial charge on any atom is 0.254 e. The fourth-order valence-electron chi connectivity index (χ4n) is 1.42. The Kier molecular flexibility index (Phi) is 3.66. The predicted octanol–water partition coefficient (Wildman–Crippen LogP) is 2.47. The third-order valence-electron chi connectivity index (χ3n) is 2.31. The van der Waals surface area contributed by atoms with Crippen LogP contribution in [0.3, 0.4) is 0 Å². The largest absolute Gasteiger partial charge is 0.437 e. The summed E-state index contributed by atoms with van der Waals surface area (Å²) >= 11 is 3.33. The van der Waals surface area contributed by atoms with Crippen molar-refractivity contribution in [1.29, 1.82) is 0 Å². The molecule has 6 heteroatoms. The number of aromatic nitrogens is 2. The van der Waals surface area contributed by atoms with Gasteiger partial charge in [-0.2, -0.15) is 4.98 Å². The second kappa shape index (κ2) is 5.22. The number of nitrogens with one attached hydrogen (secondary N) is 1. The number of benzene rings is 1. The molecule has 2 aromatic rings. The molecule has 0 amide bonds. The van der Waals surface area contributed by atoms with E-state index in [0.717, 1.165) is 0 Å². The Bertz CT molecular complexity index is 625. The number of aryl methyl sites for hydroxylation is 1. The van der Waals surface area contributed by atoms with Crippen LogP contribution in [0.25, 0.3) is 0 Å². The highest BCUT2D eigenvalue weighted by Gasteiger charge is 2.07. The molecule has 94 valence electrons. The number of rotatable bonds is 3. The molecule has 0 aliphatic rings. The number of aromatic amines is 1. The van der Waals surface area contributed by atoms with Gasteiger partial charge in [0.1, 0.15) is 11.6 Å². The van der Waals surface area contributed by atoms with Crippen LogP contribution in [0.5, 0.6) is 11.6 Å². The Morgan fingerprint density at radius 3 is 3.00 bits per heavy atom. The van der Waals surface area contributed by atoms with Crippen molar-refractivity contribution in [2.75, 3.05) is 5.73 Å². The maximum atomic E-state index is 11.4. The van der Waals surface area contributed by atoms with Gasteiger partial charge in [-0.3, -0.25) is 4.79 Å². The standard InChI is InChI=1S/C12H12BrN3O2/c1-2-9-15-10(17)6-11(16-9)18-8-5-3-4-7(14)12(8)13/h3-6H,2,14H2,1H3,(H,15,16,17). The second-order valence-corrected chi connectivity index (χ2v) is 4.44. The molecule has 0 radical (unpaired) electrons. The molecule has 0 atom stereocenters. The summed E-state index contributed by atoms with van der Waals surface area (Å²) in [5.74, 6) is 1.36. The Hall–Kier alpha value is -1.82. The minimum atomic E-state index is -0.239. The highest BCUT2D eigenvalue weighted by molar-refractivity contribution is 9.10. The fourth-order valence-corrected chi connectivity index (χ4v) is 1.77. The molecule has 18 heavy (non-hydrogen) atoms. The first kappa shape index (κ1) is 12.6. The van der Waals surface area contributed by atoms with E-state index in [1.54, 1.807) is 18.2 Å². The summed E-state index contributed by atoms with van der Waals surface area (Å²) in [5.41, 5.74) is 6.07. The van der Waals surface area contributed by atoms with Crippen molar-refractivity contribution in [1.82, 2.24) is 9.97 Å². The van der Waals surface area contributed by atoms with Gasteiger partial charge in [-0.15, -0.1) is 0 Å². The van der Waals surface area contributed by atoms with Gasteiger partial charge < -0.3 is 15.5 Å². The van der Waals surface area contributed by atoms with Gasteiger partial charge in [0.25, 0.3) is 5.56 Å². The topological polar surface area (TPSA) is 81.0 Å². The molecule has 0 fully saturated rings. The van der Waals surface area contributed by atoms with E-state index < -0.39 is 0 Å². The van der Waals surface area contributed by atoms with E-state index in [1.807, 2.05) is 6.92 Å². The van der Waals surface area contributed by atoms with Gasteiger partial charge in [-0.1, -0.05) is 13.0 Å². The van der Waals surface area contributed by atoms with Crippen LogP contribution in [-0.4, -0.2) is 9.97 Å². The number of hydrogen-bond donors (Lipinski definition) is 2. The number of nitrogens with two attached hydrogens (primary N) is 1. The van der Waals surface area contributed by atoms with Crippen molar-refractivity contribution in [2.24, 2.45) is 0 Å². The Labute approximate surface area is 112 Å². The number of hydrogen-bond acceptors (Lipinski definition) is 4. The molecule has 5 nitrogen and oxygen atoms in total. The van der Waals surface area contributed by atoms with Crippen LogP contribution in [0, 0.1) is 0 Å². The molecule has 1 heterocycles. The van der Waals surface area contributed by atoms with Crippen molar-refractivity contribution >= 4 is 21.6 Å². The normalized spacial score (nSPS) is 10.3. The van der Waals surface area contributed by atoms with E-state index in [-0.39, 0.29) is 11.4 Å². The van der Waals surface area contributed by atoms with Crippen LogP contribution >= 0.6 is 15.9 Å². The lowest BCUT2D eigenvalue weighted by Crippen LogP contribution is -2.10. The molecule has 2 rings (SSSR count). The zero-order chi connectivity index (χ0) is 13.1. The zero-order valence-electron chi connectivity index (χ0n) is 9.74. The lowest BCUT2D eigenvalue weighted by molar-refractivity contribution is 0.455. The average molecular weight is 310 g/mol. The number of ether oxygens (including phenoxy) is 1. The van der Waals surface area contributed by atoms with E-state index in [4.69, 9.17) is 10.5 Å². The molecule has 0 saturated carbocycles. The summed E-state index contributed by atoms with van der Waals surface area (Å²) in [6.07, 6.45) is 0.630. The smallest absolute Gasteiger partial charge is 0.254 e. The van der Waals surface area contributed by atoms with Gasteiger partial charge in [-0.25, -0.2) is 0 Å². The van der Waals surface area contributed by atoms with Gasteiger partial charge in [0, 0.05) is 12.1 Å². The first-order chi connectivity index (χ1) is 8.60. The van der Waals surface area contributed by atoms with Gasteiger partial charge in [-0.05, 0) is 28.1 Å². The lowest BCUT2D eigenvalue weighted by atomic mass is 10.3. The van der Waals surface area contributed by atoms with E-state index in [9.17, 15) is 4.79 Å².